The maximum absolute atomic E-state index is 11.4. The Bertz CT molecular complexity index is 780. The van der Waals surface area contributed by atoms with Gasteiger partial charge in [0.05, 0.1) is 11.3 Å². The first-order chi connectivity index (χ1) is 9.16. The minimum Gasteiger partial charge on any atom is -0.478 e. The number of carboxylic acids is 1. The number of carboxylic acid groups (broad SMARTS) is 1. The first kappa shape index (κ1) is 11.9. The summed E-state index contributed by atoms with van der Waals surface area (Å²) in [5.74, 6) is -0.951. The second-order valence-electron chi connectivity index (χ2n) is 4.06. The third-order valence-electron chi connectivity index (χ3n) is 2.92. The lowest BCUT2D eigenvalue weighted by atomic mass is 10.0. The van der Waals surface area contributed by atoms with Crippen molar-refractivity contribution in [3.8, 4) is 11.3 Å². The van der Waals surface area contributed by atoms with Gasteiger partial charge in [-0.3, -0.25) is 4.40 Å². The monoisotopic (exact) mass is 316 g/mol. The lowest BCUT2D eigenvalue weighted by molar-refractivity contribution is 0.0697. The molecule has 0 aliphatic heterocycles. The van der Waals surface area contributed by atoms with E-state index in [4.69, 9.17) is 0 Å². The van der Waals surface area contributed by atoms with Crippen molar-refractivity contribution in [2.75, 3.05) is 0 Å². The number of rotatable bonds is 2. The highest BCUT2D eigenvalue weighted by Gasteiger charge is 2.14. The Kier molecular flexibility index (Phi) is 2.83. The minimum absolute atomic E-state index is 0.260. The molecule has 1 N–H and O–H groups in total. The van der Waals surface area contributed by atoms with Crippen LogP contribution in [0.15, 0.2) is 53.3 Å². The van der Waals surface area contributed by atoms with Crippen LogP contribution in [0.3, 0.4) is 0 Å². The molecule has 94 valence electrons. The fourth-order valence-corrected chi connectivity index (χ4v) is 2.45. The number of nitrogens with zero attached hydrogens (tertiary/aromatic N) is 2. The fourth-order valence-electron chi connectivity index (χ4n) is 2.08. The number of hydrogen-bond donors (Lipinski definition) is 1. The number of halogens is 1. The van der Waals surface area contributed by atoms with E-state index in [0.29, 0.717) is 5.56 Å². The summed E-state index contributed by atoms with van der Waals surface area (Å²) in [6.07, 6.45) is 3.51. The fraction of sp³-hybridized carbons (Fsp3) is 0. The molecule has 5 heteroatoms. The van der Waals surface area contributed by atoms with Crippen LogP contribution >= 0.6 is 15.9 Å². The molecule has 0 spiro atoms. The van der Waals surface area contributed by atoms with Gasteiger partial charge in [0.15, 0.2) is 0 Å². The van der Waals surface area contributed by atoms with E-state index in [1.807, 2.05) is 34.9 Å². The summed E-state index contributed by atoms with van der Waals surface area (Å²) < 4.78 is 2.61. The molecule has 0 saturated carbocycles. The third kappa shape index (κ3) is 2.02. The second kappa shape index (κ2) is 4.51. The number of hydrogen-bond acceptors (Lipinski definition) is 2. The van der Waals surface area contributed by atoms with Crippen LogP contribution in [0.1, 0.15) is 10.4 Å². The summed E-state index contributed by atoms with van der Waals surface area (Å²) in [6.45, 7) is 0. The van der Waals surface area contributed by atoms with Gasteiger partial charge in [0.1, 0.15) is 5.65 Å². The minimum atomic E-state index is -0.951. The summed E-state index contributed by atoms with van der Waals surface area (Å²) in [6, 6.07) is 10.9. The molecular formula is C14H9BrN2O2. The van der Waals surface area contributed by atoms with Crippen LogP contribution in [0.25, 0.3) is 16.9 Å². The molecule has 0 aliphatic rings. The normalized spacial score (nSPS) is 10.8. The van der Waals surface area contributed by atoms with Crippen molar-refractivity contribution < 1.29 is 9.90 Å². The van der Waals surface area contributed by atoms with Gasteiger partial charge in [-0.1, -0.05) is 28.1 Å². The zero-order chi connectivity index (χ0) is 13.4. The van der Waals surface area contributed by atoms with Crippen LogP contribution in [0.2, 0.25) is 0 Å². The van der Waals surface area contributed by atoms with Crippen LogP contribution in [0.5, 0.6) is 0 Å². The van der Waals surface area contributed by atoms with Gasteiger partial charge in [-0.2, -0.15) is 0 Å². The van der Waals surface area contributed by atoms with E-state index in [1.165, 1.54) is 0 Å². The van der Waals surface area contributed by atoms with Crippen LogP contribution in [-0.4, -0.2) is 20.5 Å². The van der Waals surface area contributed by atoms with Crippen LogP contribution < -0.4 is 0 Å². The summed E-state index contributed by atoms with van der Waals surface area (Å²) >= 11 is 3.30. The molecule has 1 aromatic carbocycles. The highest BCUT2D eigenvalue weighted by atomic mass is 79.9. The van der Waals surface area contributed by atoms with Gasteiger partial charge in [-0.25, -0.2) is 9.78 Å². The number of pyridine rings is 1. The highest BCUT2D eigenvalue weighted by molar-refractivity contribution is 9.10. The number of imidazole rings is 1. The van der Waals surface area contributed by atoms with E-state index in [1.54, 1.807) is 18.3 Å². The number of aromatic carboxylic acids is 1. The summed E-state index contributed by atoms with van der Waals surface area (Å²) in [4.78, 5) is 15.6. The zero-order valence-corrected chi connectivity index (χ0v) is 11.3. The van der Waals surface area contributed by atoms with Gasteiger partial charge in [-0.05, 0) is 24.3 Å². The Labute approximate surface area is 117 Å². The zero-order valence-electron chi connectivity index (χ0n) is 9.75. The van der Waals surface area contributed by atoms with E-state index in [9.17, 15) is 9.90 Å². The molecule has 0 bridgehead atoms. The maximum atomic E-state index is 11.4. The molecule has 2 aromatic heterocycles. The second-order valence-corrected chi connectivity index (χ2v) is 4.98. The van der Waals surface area contributed by atoms with Gasteiger partial charge in [0.25, 0.3) is 0 Å². The Morgan fingerprint density at radius 3 is 2.89 bits per heavy atom. The van der Waals surface area contributed by atoms with E-state index >= 15 is 0 Å². The molecule has 3 rings (SSSR count). The number of carbonyl (C=O) groups is 1. The standard InChI is InChI=1S/C14H9BrN2O2/c15-9-4-5-10(11(8-9)14(18)19)12-2-1-3-13-16-6-7-17(12)13/h1-8H,(H,18,19). The van der Waals surface area contributed by atoms with E-state index in [0.717, 1.165) is 15.8 Å². The predicted octanol–water partition coefficient (Wildman–Crippen LogP) is 3.46. The number of aromatic nitrogens is 2. The SMILES string of the molecule is O=C(O)c1cc(Br)ccc1-c1cccc2nccn12. The van der Waals surface area contributed by atoms with Crippen molar-refractivity contribution in [1.82, 2.24) is 9.38 Å². The molecule has 0 saturated heterocycles. The molecular weight excluding hydrogens is 308 g/mol. The summed E-state index contributed by atoms with van der Waals surface area (Å²) in [5.41, 5.74) is 2.52. The van der Waals surface area contributed by atoms with Gasteiger partial charge >= 0.3 is 5.97 Å². The number of benzene rings is 1. The maximum Gasteiger partial charge on any atom is 0.336 e. The molecule has 4 nitrogen and oxygen atoms in total. The smallest absolute Gasteiger partial charge is 0.336 e. The van der Waals surface area contributed by atoms with E-state index in [2.05, 4.69) is 20.9 Å². The van der Waals surface area contributed by atoms with Crippen molar-refractivity contribution in [2.24, 2.45) is 0 Å². The lowest BCUT2D eigenvalue weighted by Crippen LogP contribution is -2.02. The summed E-state index contributed by atoms with van der Waals surface area (Å²) in [7, 11) is 0. The predicted molar refractivity (Wildman–Crippen MR) is 75.3 cm³/mol. The van der Waals surface area contributed by atoms with Crippen molar-refractivity contribution >= 4 is 27.5 Å². The first-order valence-electron chi connectivity index (χ1n) is 5.62. The quantitative estimate of drug-likeness (QED) is 0.787. The Morgan fingerprint density at radius 2 is 2.11 bits per heavy atom. The third-order valence-corrected chi connectivity index (χ3v) is 3.41. The average molecular weight is 317 g/mol. The molecule has 19 heavy (non-hydrogen) atoms. The van der Waals surface area contributed by atoms with Crippen molar-refractivity contribution in [3.63, 3.8) is 0 Å². The Morgan fingerprint density at radius 1 is 1.26 bits per heavy atom. The van der Waals surface area contributed by atoms with Crippen LogP contribution in [-0.2, 0) is 0 Å². The van der Waals surface area contributed by atoms with Gasteiger partial charge < -0.3 is 5.11 Å². The molecule has 0 amide bonds. The van der Waals surface area contributed by atoms with Crippen LogP contribution in [0.4, 0.5) is 0 Å². The first-order valence-corrected chi connectivity index (χ1v) is 6.41. The lowest BCUT2D eigenvalue weighted by Gasteiger charge is -2.09. The topological polar surface area (TPSA) is 54.6 Å². The van der Waals surface area contributed by atoms with Crippen molar-refractivity contribution in [2.45, 2.75) is 0 Å². The molecule has 3 aromatic rings. The van der Waals surface area contributed by atoms with Crippen molar-refractivity contribution in [1.29, 1.82) is 0 Å². The molecule has 0 fully saturated rings. The van der Waals surface area contributed by atoms with E-state index < -0.39 is 5.97 Å². The average Bonchev–Trinajstić information content (AvgIpc) is 2.86. The molecule has 2 heterocycles. The van der Waals surface area contributed by atoms with Crippen molar-refractivity contribution in [3.05, 3.63) is 58.8 Å². The molecule has 0 unspecified atom stereocenters. The summed E-state index contributed by atoms with van der Waals surface area (Å²) in [5, 5.41) is 9.33. The molecule has 0 atom stereocenters. The highest BCUT2D eigenvalue weighted by Crippen LogP contribution is 2.27. The largest absolute Gasteiger partial charge is 0.478 e. The van der Waals surface area contributed by atoms with E-state index in [-0.39, 0.29) is 5.56 Å². The van der Waals surface area contributed by atoms with Gasteiger partial charge in [-0.15, -0.1) is 0 Å². The van der Waals surface area contributed by atoms with Gasteiger partial charge in [0, 0.05) is 22.4 Å². The number of fused-ring (bicyclic) bond motifs is 1. The molecule has 0 aliphatic carbocycles. The van der Waals surface area contributed by atoms with Gasteiger partial charge in [0.2, 0.25) is 0 Å². The Hall–Kier alpha value is -2.14. The molecule has 0 radical (unpaired) electrons. The Balaban J connectivity index is 2.33. The van der Waals surface area contributed by atoms with Crippen LogP contribution in [0, 0.1) is 0 Å².